The summed E-state index contributed by atoms with van der Waals surface area (Å²) < 4.78 is 18.5. The van der Waals surface area contributed by atoms with Gasteiger partial charge in [0.1, 0.15) is 11.6 Å². The number of nitrogens with one attached hydrogen (secondary N) is 1. The third-order valence-corrected chi connectivity index (χ3v) is 3.47. The number of carbonyl (C=O) groups excluding carboxylic acids is 1. The van der Waals surface area contributed by atoms with Crippen molar-refractivity contribution in [1.29, 1.82) is 0 Å². The molecule has 1 aliphatic carbocycles. The SMILES string of the molecule is C=C(F)C1(CC(NC(=O)OC(C)(C)C)C(=O)O)CCC1. The van der Waals surface area contributed by atoms with E-state index in [-0.39, 0.29) is 6.42 Å². The van der Waals surface area contributed by atoms with Gasteiger partial charge in [0.2, 0.25) is 0 Å². The van der Waals surface area contributed by atoms with Crippen molar-refractivity contribution in [3.63, 3.8) is 0 Å². The minimum absolute atomic E-state index is 0.00307. The Balaban J connectivity index is 2.68. The summed E-state index contributed by atoms with van der Waals surface area (Å²) in [5.74, 6) is -1.72. The fraction of sp³-hybridized carbons (Fsp3) is 0.714. The number of carboxylic acid groups (broad SMARTS) is 1. The van der Waals surface area contributed by atoms with E-state index in [0.29, 0.717) is 12.8 Å². The summed E-state index contributed by atoms with van der Waals surface area (Å²) >= 11 is 0. The van der Waals surface area contributed by atoms with Gasteiger partial charge in [0.25, 0.3) is 0 Å². The van der Waals surface area contributed by atoms with Crippen LogP contribution >= 0.6 is 0 Å². The van der Waals surface area contributed by atoms with E-state index in [1.165, 1.54) is 0 Å². The van der Waals surface area contributed by atoms with Crippen molar-refractivity contribution in [2.24, 2.45) is 5.41 Å². The second-order valence-corrected chi connectivity index (χ2v) is 6.28. The monoisotopic (exact) mass is 287 g/mol. The summed E-state index contributed by atoms with van der Waals surface area (Å²) in [5.41, 5.74) is -1.54. The highest BCUT2D eigenvalue weighted by Gasteiger charge is 2.44. The van der Waals surface area contributed by atoms with Gasteiger partial charge in [-0.05, 0) is 40.0 Å². The molecule has 114 valence electrons. The van der Waals surface area contributed by atoms with Gasteiger partial charge in [-0.15, -0.1) is 0 Å². The average molecular weight is 287 g/mol. The number of aliphatic carboxylic acids is 1. The third-order valence-electron chi connectivity index (χ3n) is 3.47. The van der Waals surface area contributed by atoms with E-state index in [9.17, 15) is 14.0 Å². The summed E-state index contributed by atoms with van der Waals surface area (Å²) in [7, 11) is 0. The lowest BCUT2D eigenvalue weighted by atomic mass is 9.64. The first-order valence-corrected chi connectivity index (χ1v) is 6.63. The smallest absolute Gasteiger partial charge is 0.408 e. The molecule has 6 heteroatoms. The van der Waals surface area contributed by atoms with Crippen molar-refractivity contribution in [3.8, 4) is 0 Å². The first-order valence-electron chi connectivity index (χ1n) is 6.63. The van der Waals surface area contributed by atoms with E-state index in [1.54, 1.807) is 20.8 Å². The molecule has 1 rings (SSSR count). The summed E-state index contributed by atoms with van der Waals surface area (Å²) in [5, 5.41) is 11.4. The van der Waals surface area contributed by atoms with Gasteiger partial charge >= 0.3 is 12.1 Å². The van der Waals surface area contributed by atoms with Crippen molar-refractivity contribution in [2.75, 3.05) is 0 Å². The number of allylic oxidation sites excluding steroid dienone is 1. The van der Waals surface area contributed by atoms with Gasteiger partial charge in [-0.3, -0.25) is 0 Å². The van der Waals surface area contributed by atoms with Crippen LogP contribution in [0, 0.1) is 5.41 Å². The normalized spacial score (nSPS) is 18.6. The molecule has 2 N–H and O–H groups in total. The lowest BCUT2D eigenvalue weighted by Gasteiger charge is -2.41. The zero-order chi connectivity index (χ0) is 15.6. The fourth-order valence-electron chi connectivity index (χ4n) is 2.23. The predicted molar refractivity (Wildman–Crippen MR) is 71.9 cm³/mol. The van der Waals surface area contributed by atoms with Crippen LogP contribution in [0.5, 0.6) is 0 Å². The number of hydrogen-bond acceptors (Lipinski definition) is 3. The Kier molecular flexibility index (Phi) is 4.78. The van der Waals surface area contributed by atoms with Crippen LogP contribution in [0.25, 0.3) is 0 Å². The van der Waals surface area contributed by atoms with Crippen molar-refractivity contribution in [3.05, 3.63) is 12.4 Å². The van der Waals surface area contributed by atoms with E-state index in [4.69, 9.17) is 9.84 Å². The molecule has 0 bridgehead atoms. The van der Waals surface area contributed by atoms with Crippen LogP contribution in [0.1, 0.15) is 46.5 Å². The van der Waals surface area contributed by atoms with Crippen LogP contribution in [0.15, 0.2) is 12.4 Å². The maximum atomic E-state index is 13.5. The van der Waals surface area contributed by atoms with Crippen LogP contribution in [-0.2, 0) is 9.53 Å². The van der Waals surface area contributed by atoms with Crippen LogP contribution in [-0.4, -0.2) is 28.8 Å². The van der Waals surface area contributed by atoms with Gasteiger partial charge < -0.3 is 15.2 Å². The molecule has 0 heterocycles. The van der Waals surface area contributed by atoms with Crippen LogP contribution in [0.2, 0.25) is 0 Å². The molecule has 20 heavy (non-hydrogen) atoms. The Bertz CT molecular complexity index is 410. The summed E-state index contributed by atoms with van der Waals surface area (Å²) in [4.78, 5) is 22.8. The second-order valence-electron chi connectivity index (χ2n) is 6.28. The molecule has 0 saturated heterocycles. The molecule has 0 radical (unpaired) electrons. The van der Waals surface area contributed by atoms with Crippen molar-refractivity contribution in [2.45, 2.75) is 58.1 Å². The molecule has 1 saturated carbocycles. The Labute approximate surface area is 118 Å². The number of carboxylic acids is 1. The van der Waals surface area contributed by atoms with Gasteiger partial charge in [0.15, 0.2) is 0 Å². The van der Waals surface area contributed by atoms with Gasteiger partial charge in [-0.25, -0.2) is 14.0 Å². The van der Waals surface area contributed by atoms with Crippen LogP contribution < -0.4 is 5.32 Å². The molecule has 1 unspecified atom stereocenters. The Hall–Kier alpha value is -1.59. The number of carbonyl (C=O) groups is 2. The third kappa shape index (κ3) is 4.21. The summed E-state index contributed by atoms with van der Waals surface area (Å²) in [6.07, 6.45) is 1.13. The van der Waals surface area contributed by atoms with Crippen molar-refractivity contribution in [1.82, 2.24) is 5.32 Å². The first-order chi connectivity index (χ1) is 9.06. The Morgan fingerprint density at radius 1 is 1.45 bits per heavy atom. The zero-order valence-electron chi connectivity index (χ0n) is 12.2. The van der Waals surface area contributed by atoms with E-state index in [0.717, 1.165) is 6.42 Å². The topological polar surface area (TPSA) is 75.6 Å². The first kappa shape index (κ1) is 16.5. The lowest BCUT2D eigenvalue weighted by Crippen LogP contribution is -2.47. The highest BCUT2D eigenvalue weighted by molar-refractivity contribution is 5.80. The maximum Gasteiger partial charge on any atom is 0.408 e. The quantitative estimate of drug-likeness (QED) is 0.815. The molecule has 0 aliphatic heterocycles. The van der Waals surface area contributed by atoms with Gasteiger partial charge in [0.05, 0.1) is 5.83 Å². The molecule has 1 amide bonds. The number of halogens is 1. The number of hydrogen-bond donors (Lipinski definition) is 2. The minimum Gasteiger partial charge on any atom is -0.480 e. The van der Waals surface area contributed by atoms with E-state index in [1.807, 2.05) is 0 Å². The largest absolute Gasteiger partial charge is 0.480 e. The molecule has 0 aromatic rings. The van der Waals surface area contributed by atoms with Gasteiger partial charge in [-0.2, -0.15) is 0 Å². The zero-order valence-corrected chi connectivity index (χ0v) is 12.2. The minimum atomic E-state index is -1.21. The summed E-state index contributed by atoms with van der Waals surface area (Å²) in [6.45, 7) is 8.34. The number of amides is 1. The standard InChI is InChI=1S/C14H22FNO4/c1-9(15)14(6-5-7-14)8-10(11(17)18)16-12(19)20-13(2,3)4/h10H,1,5-8H2,2-4H3,(H,16,19)(H,17,18). The van der Waals surface area contributed by atoms with Crippen molar-refractivity contribution < 1.29 is 23.8 Å². The highest BCUT2D eigenvalue weighted by atomic mass is 19.1. The van der Waals surface area contributed by atoms with E-state index < -0.39 is 34.9 Å². The fourth-order valence-corrected chi connectivity index (χ4v) is 2.23. The number of rotatable bonds is 5. The van der Waals surface area contributed by atoms with E-state index >= 15 is 0 Å². The highest BCUT2D eigenvalue weighted by Crippen LogP contribution is 2.50. The number of ether oxygens (including phenoxy) is 1. The molecular formula is C14H22FNO4. The molecule has 5 nitrogen and oxygen atoms in total. The molecule has 0 aromatic carbocycles. The van der Waals surface area contributed by atoms with Crippen molar-refractivity contribution >= 4 is 12.1 Å². The lowest BCUT2D eigenvalue weighted by molar-refractivity contribution is -0.140. The predicted octanol–water partition coefficient (Wildman–Crippen LogP) is 3.01. The Morgan fingerprint density at radius 2 is 2.00 bits per heavy atom. The van der Waals surface area contributed by atoms with Gasteiger partial charge in [-0.1, -0.05) is 13.0 Å². The maximum absolute atomic E-state index is 13.5. The molecule has 1 atom stereocenters. The molecule has 0 aromatic heterocycles. The average Bonchev–Trinajstić information content (AvgIpc) is 2.17. The van der Waals surface area contributed by atoms with Crippen LogP contribution in [0.4, 0.5) is 9.18 Å². The van der Waals surface area contributed by atoms with Gasteiger partial charge in [0, 0.05) is 5.41 Å². The van der Waals surface area contributed by atoms with E-state index in [2.05, 4.69) is 11.9 Å². The van der Waals surface area contributed by atoms with Crippen LogP contribution in [0.3, 0.4) is 0 Å². The molecule has 1 fully saturated rings. The molecular weight excluding hydrogens is 265 g/mol. The molecule has 1 aliphatic rings. The number of alkyl carbamates (subject to hydrolysis) is 1. The Morgan fingerprint density at radius 3 is 2.30 bits per heavy atom. The summed E-state index contributed by atoms with van der Waals surface area (Å²) in [6, 6.07) is -1.18. The second kappa shape index (κ2) is 5.81. The molecule has 0 spiro atoms.